The second kappa shape index (κ2) is 12.4. The van der Waals surface area contributed by atoms with Crippen molar-refractivity contribution >= 4 is 17.1 Å². The van der Waals surface area contributed by atoms with E-state index in [1.165, 1.54) is 22.3 Å². The molecule has 4 nitrogen and oxygen atoms in total. The summed E-state index contributed by atoms with van der Waals surface area (Å²) in [6, 6.07) is 68.1. The molecule has 0 aliphatic carbocycles. The smallest absolute Gasteiger partial charge is 0.166 e. The van der Waals surface area contributed by atoms with Crippen LogP contribution in [-0.2, 0) is 5.41 Å². The average molecular weight is 641 g/mol. The van der Waals surface area contributed by atoms with Gasteiger partial charge >= 0.3 is 0 Å². The molecule has 1 aliphatic rings. The Morgan fingerprint density at radius 2 is 0.680 bits per heavy atom. The molecule has 9 rings (SSSR count). The molecule has 0 unspecified atom stereocenters. The molecule has 0 fully saturated rings. The molecule has 8 aromatic rings. The molecule has 0 atom stereocenters. The molecule has 0 N–H and O–H groups in total. The summed E-state index contributed by atoms with van der Waals surface area (Å²) in [7, 11) is 0. The number of rotatable bonds is 6. The van der Waals surface area contributed by atoms with Gasteiger partial charge in [-0.25, -0.2) is 15.0 Å². The van der Waals surface area contributed by atoms with E-state index < -0.39 is 5.41 Å². The summed E-state index contributed by atoms with van der Waals surface area (Å²) in [6.45, 7) is 0. The van der Waals surface area contributed by atoms with Gasteiger partial charge in [-0.15, -0.1) is 0 Å². The number of anilines is 3. The van der Waals surface area contributed by atoms with Crippen LogP contribution in [0.3, 0.4) is 0 Å². The summed E-state index contributed by atoms with van der Waals surface area (Å²) in [4.78, 5) is 17.6. The van der Waals surface area contributed by atoms with Crippen molar-refractivity contribution in [3.63, 3.8) is 0 Å². The lowest BCUT2D eigenvalue weighted by molar-refractivity contribution is 0.731. The van der Waals surface area contributed by atoms with Gasteiger partial charge in [-0.05, 0) is 46.5 Å². The number of aromatic nitrogens is 3. The van der Waals surface area contributed by atoms with E-state index in [2.05, 4.69) is 138 Å². The molecule has 0 bridgehead atoms. The number of hydrogen-bond acceptors (Lipinski definition) is 4. The number of hydrogen-bond donors (Lipinski definition) is 0. The van der Waals surface area contributed by atoms with E-state index in [9.17, 15) is 0 Å². The Labute approximate surface area is 292 Å². The molecule has 50 heavy (non-hydrogen) atoms. The van der Waals surface area contributed by atoms with Crippen LogP contribution >= 0.6 is 0 Å². The van der Waals surface area contributed by atoms with Crippen LogP contribution in [0.4, 0.5) is 17.1 Å². The van der Waals surface area contributed by atoms with Crippen molar-refractivity contribution in [3.05, 3.63) is 216 Å². The second-order valence-electron chi connectivity index (χ2n) is 12.4. The zero-order valence-corrected chi connectivity index (χ0v) is 27.3. The van der Waals surface area contributed by atoms with Gasteiger partial charge in [0.1, 0.15) is 0 Å². The highest BCUT2D eigenvalue weighted by Gasteiger charge is 2.46. The number of nitrogens with zero attached hydrogens (tertiary/aromatic N) is 4. The molecule has 0 spiro atoms. The molecule has 236 valence electrons. The van der Waals surface area contributed by atoms with Gasteiger partial charge in [0.25, 0.3) is 0 Å². The summed E-state index contributed by atoms with van der Waals surface area (Å²) in [5.74, 6) is 1.89. The van der Waals surface area contributed by atoms with Crippen molar-refractivity contribution in [1.82, 2.24) is 15.0 Å². The lowest BCUT2D eigenvalue weighted by Crippen LogP contribution is -2.37. The van der Waals surface area contributed by atoms with Crippen molar-refractivity contribution in [2.24, 2.45) is 0 Å². The fraction of sp³-hybridized carbons (Fsp3) is 0.0217. The van der Waals surface area contributed by atoms with E-state index in [-0.39, 0.29) is 0 Å². The Hall–Kier alpha value is -6.65. The zero-order valence-electron chi connectivity index (χ0n) is 27.3. The summed E-state index contributed by atoms with van der Waals surface area (Å²) in [5.41, 5.74) is 10.3. The Bertz CT molecular complexity index is 2280. The fourth-order valence-corrected chi connectivity index (χ4v) is 7.46. The highest BCUT2D eigenvalue weighted by molar-refractivity contribution is 5.93. The first kappa shape index (κ1) is 29.5. The average Bonchev–Trinajstić information content (AvgIpc) is 3.21. The second-order valence-corrected chi connectivity index (χ2v) is 12.4. The molecule has 0 saturated heterocycles. The van der Waals surface area contributed by atoms with Crippen molar-refractivity contribution < 1.29 is 0 Å². The van der Waals surface area contributed by atoms with Gasteiger partial charge in [-0.3, -0.25) is 0 Å². The van der Waals surface area contributed by atoms with Gasteiger partial charge in [-0.1, -0.05) is 170 Å². The minimum atomic E-state index is -0.546. The van der Waals surface area contributed by atoms with Crippen molar-refractivity contribution in [1.29, 1.82) is 0 Å². The van der Waals surface area contributed by atoms with Crippen LogP contribution < -0.4 is 4.90 Å². The molecule has 7 aromatic carbocycles. The Balaban J connectivity index is 1.32. The van der Waals surface area contributed by atoms with Crippen LogP contribution in [0, 0.1) is 0 Å². The molecule has 0 amide bonds. The third kappa shape index (κ3) is 4.81. The van der Waals surface area contributed by atoms with Gasteiger partial charge in [0.05, 0.1) is 22.5 Å². The van der Waals surface area contributed by atoms with E-state index in [1.807, 2.05) is 60.7 Å². The van der Waals surface area contributed by atoms with Crippen LogP contribution in [0.25, 0.3) is 34.2 Å². The van der Waals surface area contributed by atoms with E-state index in [0.29, 0.717) is 17.5 Å². The predicted molar refractivity (Wildman–Crippen MR) is 203 cm³/mol. The Morgan fingerprint density at radius 3 is 1.16 bits per heavy atom. The van der Waals surface area contributed by atoms with Crippen LogP contribution in [0.1, 0.15) is 22.3 Å². The molecule has 1 aliphatic heterocycles. The standard InChI is InChI=1S/C46H32N4/c1-5-19-33(20-6-1)43-47-44(34-21-7-2-8-22-34)49-45(48-43)37-27-13-16-30-40(37)50-41-31-17-14-28-38(41)46(35-23-9-3-10-24-35,36-25-11-4-12-26-36)39-29-15-18-32-42(39)50/h1-32H. The molecule has 2 heterocycles. The van der Waals surface area contributed by atoms with Crippen LogP contribution in [0.15, 0.2) is 194 Å². The maximum Gasteiger partial charge on any atom is 0.166 e. The predicted octanol–water partition coefficient (Wildman–Crippen LogP) is 11.0. The van der Waals surface area contributed by atoms with E-state index in [1.54, 1.807) is 0 Å². The van der Waals surface area contributed by atoms with Crippen LogP contribution in [0.2, 0.25) is 0 Å². The van der Waals surface area contributed by atoms with Crippen LogP contribution in [0.5, 0.6) is 0 Å². The van der Waals surface area contributed by atoms with E-state index in [0.717, 1.165) is 33.8 Å². The Kier molecular flexibility index (Phi) is 7.33. The summed E-state index contributed by atoms with van der Waals surface area (Å²) >= 11 is 0. The number of para-hydroxylation sites is 3. The zero-order chi connectivity index (χ0) is 33.3. The van der Waals surface area contributed by atoms with Gasteiger partial charge in [0.15, 0.2) is 17.5 Å². The van der Waals surface area contributed by atoms with Crippen LogP contribution in [-0.4, -0.2) is 15.0 Å². The first-order chi connectivity index (χ1) is 24.8. The summed E-state index contributed by atoms with van der Waals surface area (Å²) < 4.78 is 0. The highest BCUT2D eigenvalue weighted by Crippen LogP contribution is 2.58. The summed E-state index contributed by atoms with van der Waals surface area (Å²) in [6.07, 6.45) is 0. The fourth-order valence-electron chi connectivity index (χ4n) is 7.46. The maximum absolute atomic E-state index is 5.14. The Morgan fingerprint density at radius 1 is 0.320 bits per heavy atom. The SMILES string of the molecule is c1ccc(-c2nc(-c3ccccc3)nc(-c3ccccc3N3c4ccccc4C(c4ccccc4)(c4ccccc4)c4ccccc43)n2)cc1. The topological polar surface area (TPSA) is 41.9 Å². The molecule has 4 heteroatoms. The van der Waals surface area contributed by atoms with Crippen molar-refractivity contribution in [2.75, 3.05) is 4.90 Å². The first-order valence-electron chi connectivity index (χ1n) is 16.9. The minimum Gasteiger partial charge on any atom is -0.309 e. The monoisotopic (exact) mass is 640 g/mol. The largest absolute Gasteiger partial charge is 0.309 e. The quantitative estimate of drug-likeness (QED) is 0.181. The molecule has 0 radical (unpaired) electrons. The number of benzene rings is 7. The van der Waals surface area contributed by atoms with Gasteiger partial charge < -0.3 is 4.90 Å². The molecule has 1 aromatic heterocycles. The van der Waals surface area contributed by atoms with Gasteiger partial charge in [-0.2, -0.15) is 0 Å². The number of fused-ring (bicyclic) bond motifs is 2. The maximum atomic E-state index is 5.14. The normalized spacial score (nSPS) is 12.9. The highest BCUT2D eigenvalue weighted by atomic mass is 15.2. The van der Waals surface area contributed by atoms with Gasteiger partial charge in [0, 0.05) is 16.7 Å². The lowest BCUT2D eigenvalue weighted by atomic mass is 9.62. The van der Waals surface area contributed by atoms with Crippen molar-refractivity contribution in [2.45, 2.75) is 5.41 Å². The molecule has 0 saturated carbocycles. The first-order valence-corrected chi connectivity index (χ1v) is 16.9. The molecular weight excluding hydrogens is 609 g/mol. The summed E-state index contributed by atoms with van der Waals surface area (Å²) in [5, 5.41) is 0. The van der Waals surface area contributed by atoms with E-state index >= 15 is 0 Å². The minimum absolute atomic E-state index is 0.546. The third-order valence-electron chi connectivity index (χ3n) is 9.60. The third-order valence-corrected chi connectivity index (χ3v) is 9.60. The lowest BCUT2D eigenvalue weighted by Gasteiger charge is -2.46. The van der Waals surface area contributed by atoms with E-state index in [4.69, 9.17) is 15.0 Å². The van der Waals surface area contributed by atoms with Gasteiger partial charge in [0.2, 0.25) is 0 Å². The van der Waals surface area contributed by atoms with Crippen molar-refractivity contribution in [3.8, 4) is 34.2 Å². The molecular formula is C46H32N4.